The van der Waals surface area contributed by atoms with Gasteiger partial charge in [0.15, 0.2) is 12.6 Å². The third-order valence-corrected chi connectivity index (χ3v) is 6.90. The summed E-state index contributed by atoms with van der Waals surface area (Å²) in [6, 6.07) is -2.42. The molecular formula is C20H41N5O8. The predicted octanol–water partition coefficient (Wildman–Crippen LogP) is -4.62. The second-order valence-electron chi connectivity index (χ2n) is 9.22. The minimum atomic E-state index is -1.38. The van der Waals surface area contributed by atoms with E-state index in [0.717, 1.165) is 6.42 Å². The molecule has 0 aromatic heterocycles. The monoisotopic (exact) mass is 479 g/mol. The van der Waals surface area contributed by atoms with E-state index in [-0.39, 0.29) is 12.1 Å². The lowest BCUT2D eigenvalue weighted by atomic mass is 9.83. The maximum atomic E-state index is 11.2. The van der Waals surface area contributed by atoms with Gasteiger partial charge >= 0.3 is 0 Å². The van der Waals surface area contributed by atoms with Gasteiger partial charge in [0.25, 0.3) is 0 Å². The van der Waals surface area contributed by atoms with Gasteiger partial charge in [-0.2, -0.15) is 0 Å². The molecule has 1 unspecified atom stereocenters. The fourth-order valence-corrected chi connectivity index (χ4v) is 4.82. The van der Waals surface area contributed by atoms with Crippen LogP contribution >= 0.6 is 0 Å². The van der Waals surface area contributed by atoms with Crippen molar-refractivity contribution >= 4 is 0 Å². The number of rotatable bonds is 8. The molecule has 3 rings (SSSR count). The molecule has 0 bridgehead atoms. The Bertz CT molecular complexity index is 607. The fourth-order valence-electron chi connectivity index (χ4n) is 4.82. The Morgan fingerprint density at radius 3 is 2.24 bits per heavy atom. The summed E-state index contributed by atoms with van der Waals surface area (Å²) in [7, 11) is 1.70. The standard InChI is InChI=1S/C20H41N5O8/c1-25-11-6-10(23)17(32-19-9(22)3-2-8(30-19)4-5-21)16(29)18(11)33-20-15(28)13(24)14(27)12(7-26)31-20/h8-20,25-29H,2-7,21-24H2,1H3/t8-,9+,10-,11+,12+,13-,14+,15+,16-,17?,18-,19+,20+/m0/s1. The van der Waals surface area contributed by atoms with Crippen molar-refractivity contribution < 1.29 is 39.4 Å². The van der Waals surface area contributed by atoms with Crippen LogP contribution in [0, 0.1) is 0 Å². The normalized spacial score (nSPS) is 49.2. The van der Waals surface area contributed by atoms with Crippen molar-refractivity contribution in [3.63, 3.8) is 0 Å². The lowest BCUT2D eigenvalue weighted by molar-refractivity contribution is -0.314. The number of hydrogen-bond acceptors (Lipinski definition) is 13. The highest BCUT2D eigenvalue weighted by Crippen LogP contribution is 2.31. The van der Waals surface area contributed by atoms with Crippen LogP contribution in [0.25, 0.3) is 0 Å². The molecule has 0 spiro atoms. The second kappa shape index (κ2) is 11.9. The van der Waals surface area contributed by atoms with E-state index in [1.807, 2.05) is 0 Å². The first-order chi connectivity index (χ1) is 15.7. The number of aliphatic hydroxyl groups excluding tert-OH is 4. The van der Waals surface area contributed by atoms with E-state index in [1.54, 1.807) is 7.05 Å². The highest BCUT2D eigenvalue weighted by atomic mass is 16.7. The first-order valence-electron chi connectivity index (χ1n) is 11.6. The number of ether oxygens (including phenoxy) is 4. The molecule has 13 N–H and O–H groups in total. The molecular weight excluding hydrogens is 438 g/mol. The average molecular weight is 480 g/mol. The van der Waals surface area contributed by atoms with Crippen LogP contribution < -0.4 is 28.3 Å². The summed E-state index contributed by atoms with van der Waals surface area (Å²) in [6.45, 7) is -0.0328. The van der Waals surface area contributed by atoms with E-state index in [2.05, 4.69) is 5.32 Å². The Hall–Kier alpha value is -0.520. The van der Waals surface area contributed by atoms with E-state index in [9.17, 15) is 20.4 Å². The van der Waals surface area contributed by atoms with Crippen molar-refractivity contribution in [3.8, 4) is 0 Å². The summed E-state index contributed by atoms with van der Waals surface area (Å²) >= 11 is 0. The summed E-state index contributed by atoms with van der Waals surface area (Å²) in [6.07, 6.45) is -6.26. The summed E-state index contributed by atoms with van der Waals surface area (Å²) in [5.74, 6) is 0. The molecule has 2 aliphatic heterocycles. The maximum absolute atomic E-state index is 11.2. The lowest BCUT2D eigenvalue weighted by Crippen LogP contribution is -2.68. The smallest absolute Gasteiger partial charge is 0.186 e. The molecule has 0 radical (unpaired) electrons. The minimum absolute atomic E-state index is 0.0806. The molecule has 13 atom stereocenters. The quantitative estimate of drug-likeness (QED) is 0.159. The zero-order valence-electron chi connectivity index (χ0n) is 19.0. The van der Waals surface area contributed by atoms with Gasteiger partial charge in [0.1, 0.15) is 36.6 Å². The van der Waals surface area contributed by atoms with Crippen LogP contribution in [0.4, 0.5) is 0 Å². The zero-order chi connectivity index (χ0) is 24.3. The van der Waals surface area contributed by atoms with Crippen LogP contribution in [0.1, 0.15) is 25.7 Å². The van der Waals surface area contributed by atoms with Crippen LogP contribution in [0.3, 0.4) is 0 Å². The Morgan fingerprint density at radius 1 is 0.909 bits per heavy atom. The van der Waals surface area contributed by atoms with Gasteiger partial charge in [0.05, 0.1) is 24.8 Å². The molecule has 2 saturated heterocycles. The van der Waals surface area contributed by atoms with E-state index in [1.165, 1.54) is 0 Å². The molecule has 194 valence electrons. The van der Waals surface area contributed by atoms with Crippen molar-refractivity contribution in [2.75, 3.05) is 20.2 Å². The van der Waals surface area contributed by atoms with Crippen molar-refractivity contribution in [2.24, 2.45) is 22.9 Å². The largest absolute Gasteiger partial charge is 0.394 e. The molecule has 1 aliphatic carbocycles. The van der Waals surface area contributed by atoms with Gasteiger partial charge in [0.2, 0.25) is 0 Å². The van der Waals surface area contributed by atoms with Gasteiger partial charge in [0, 0.05) is 12.1 Å². The van der Waals surface area contributed by atoms with Gasteiger partial charge in [-0.05, 0) is 39.3 Å². The van der Waals surface area contributed by atoms with Gasteiger partial charge in [-0.15, -0.1) is 0 Å². The Balaban J connectivity index is 1.72. The Morgan fingerprint density at radius 2 is 1.61 bits per heavy atom. The van der Waals surface area contributed by atoms with Crippen LogP contribution in [0.2, 0.25) is 0 Å². The molecule has 13 nitrogen and oxygen atoms in total. The van der Waals surface area contributed by atoms with Crippen LogP contribution in [-0.4, -0.2) is 120 Å². The van der Waals surface area contributed by atoms with Crippen molar-refractivity contribution in [1.29, 1.82) is 0 Å². The van der Waals surface area contributed by atoms with Crippen LogP contribution in [0.15, 0.2) is 0 Å². The van der Waals surface area contributed by atoms with Gasteiger partial charge < -0.3 is 67.6 Å². The van der Waals surface area contributed by atoms with Crippen LogP contribution in [0.5, 0.6) is 0 Å². The number of hydrogen-bond donors (Lipinski definition) is 9. The van der Waals surface area contributed by atoms with Crippen molar-refractivity contribution in [1.82, 2.24) is 5.32 Å². The topological polar surface area (TPSA) is 234 Å². The van der Waals surface area contributed by atoms with E-state index in [4.69, 9.17) is 41.9 Å². The van der Waals surface area contributed by atoms with Gasteiger partial charge in [-0.25, -0.2) is 0 Å². The molecule has 33 heavy (non-hydrogen) atoms. The average Bonchev–Trinajstić information content (AvgIpc) is 2.80. The van der Waals surface area contributed by atoms with E-state index < -0.39 is 73.9 Å². The first-order valence-corrected chi connectivity index (χ1v) is 11.6. The maximum Gasteiger partial charge on any atom is 0.186 e. The Labute approximate surface area is 193 Å². The second-order valence-corrected chi connectivity index (χ2v) is 9.22. The number of nitrogens with one attached hydrogen (secondary N) is 1. The fraction of sp³-hybridized carbons (Fsp3) is 1.00. The molecule has 2 heterocycles. The van der Waals surface area contributed by atoms with E-state index >= 15 is 0 Å². The SMILES string of the molecule is CN[C@@H]1C[C@H](N)C(O[C@H]2O[C@H](CCN)CC[C@H]2N)[C@H](O)[C@H]1O[C@H]1O[C@H](CO)[C@@H](O)[C@H](N)[C@H]1O. The molecule has 0 amide bonds. The summed E-state index contributed by atoms with van der Waals surface area (Å²) in [4.78, 5) is 0. The summed E-state index contributed by atoms with van der Waals surface area (Å²) in [5.41, 5.74) is 24.1. The molecule has 3 aliphatic rings. The summed E-state index contributed by atoms with van der Waals surface area (Å²) < 4.78 is 23.5. The third kappa shape index (κ3) is 6.01. The predicted molar refractivity (Wildman–Crippen MR) is 116 cm³/mol. The van der Waals surface area contributed by atoms with Gasteiger partial charge in [-0.3, -0.25) is 0 Å². The van der Waals surface area contributed by atoms with Crippen molar-refractivity contribution in [3.05, 3.63) is 0 Å². The first kappa shape index (κ1) is 27.1. The number of aliphatic hydroxyl groups is 4. The minimum Gasteiger partial charge on any atom is -0.394 e. The highest BCUT2D eigenvalue weighted by molar-refractivity contribution is 5.01. The van der Waals surface area contributed by atoms with Gasteiger partial charge in [-0.1, -0.05) is 0 Å². The van der Waals surface area contributed by atoms with E-state index in [0.29, 0.717) is 25.8 Å². The number of likely N-dealkylation sites (N-methyl/N-ethyl adjacent to an activating group) is 1. The number of nitrogens with two attached hydrogens (primary N) is 4. The molecule has 13 heteroatoms. The molecule has 3 fully saturated rings. The zero-order valence-corrected chi connectivity index (χ0v) is 19.0. The van der Waals surface area contributed by atoms with Crippen LogP contribution in [-0.2, 0) is 18.9 Å². The summed E-state index contributed by atoms with van der Waals surface area (Å²) in [5, 5.41) is 44.3. The Kier molecular flexibility index (Phi) is 9.80. The molecule has 0 aromatic rings. The van der Waals surface area contributed by atoms with Crippen molar-refractivity contribution in [2.45, 2.75) is 105 Å². The lowest BCUT2D eigenvalue weighted by Gasteiger charge is -2.48. The third-order valence-electron chi connectivity index (χ3n) is 6.90. The molecule has 0 aromatic carbocycles. The highest BCUT2D eigenvalue weighted by Gasteiger charge is 2.50. The molecule has 1 saturated carbocycles.